The first-order valence-corrected chi connectivity index (χ1v) is 41.7. The summed E-state index contributed by atoms with van der Waals surface area (Å²) in [4.78, 5) is 138. The van der Waals surface area contributed by atoms with E-state index in [0.29, 0.717) is 24.9 Å². The van der Waals surface area contributed by atoms with Gasteiger partial charge in [0, 0.05) is 41.7 Å². The van der Waals surface area contributed by atoms with Crippen molar-refractivity contribution in [2.24, 2.45) is 35.3 Å². The first kappa shape index (κ1) is 90.1. The van der Waals surface area contributed by atoms with Gasteiger partial charge in [0.15, 0.2) is 23.9 Å². The van der Waals surface area contributed by atoms with E-state index in [1.54, 1.807) is 0 Å². The number of carbonyl (C=O) groups is 9. The van der Waals surface area contributed by atoms with Crippen LogP contribution in [0.4, 0.5) is 0 Å². The molecular weight excluding hydrogens is 1630 g/mol. The molecule has 4 aliphatic carbocycles. The van der Waals surface area contributed by atoms with E-state index in [1.807, 2.05) is 20.8 Å². The fourth-order valence-corrected chi connectivity index (χ4v) is 18.3. The number of hydrogen-bond donors (Lipinski definition) is 20. The number of imide groups is 1. The van der Waals surface area contributed by atoms with Crippen LogP contribution in [0.3, 0.4) is 0 Å². The maximum Gasteiger partial charge on any atom is 0.255 e. The second-order valence-electron chi connectivity index (χ2n) is 33.6. The van der Waals surface area contributed by atoms with Crippen LogP contribution in [0.5, 0.6) is 46.0 Å². The summed E-state index contributed by atoms with van der Waals surface area (Å²) in [7, 11) is 1.48. The third kappa shape index (κ3) is 19.6. The zero-order chi connectivity index (χ0) is 87.8. The molecule has 4 saturated carbocycles. The number of benzene rings is 5. The lowest BCUT2D eigenvalue weighted by Crippen LogP contribution is -2.64. The Bertz CT molecular complexity index is 4770. The molecule has 0 radical (unpaired) electrons. The Morgan fingerprint density at radius 3 is 1.91 bits per heavy atom. The molecule has 36 nitrogen and oxygen atoms in total. The Morgan fingerprint density at radius 1 is 0.672 bits per heavy atom. The number of aromatic hydroxyl groups is 3. The van der Waals surface area contributed by atoms with Crippen LogP contribution in [0.25, 0.3) is 11.1 Å². The van der Waals surface area contributed by atoms with Crippen LogP contribution in [0, 0.1) is 29.6 Å². The molecule has 9 amide bonds. The molecule has 19 atom stereocenters. The highest BCUT2D eigenvalue weighted by Gasteiger charge is 2.53. The molecule has 7 aliphatic heterocycles. The normalized spacial score (nSPS) is 31.1. The maximum absolute atomic E-state index is 16.6. The molecule has 21 N–H and O–H groups in total. The molecule has 11 aliphatic rings. The van der Waals surface area contributed by atoms with Crippen molar-refractivity contribution in [3.8, 4) is 57.1 Å². The third-order valence-electron chi connectivity index (χ3n) is 24.0. The molecule has 7 heterocycles. The summed E-state index contributed by atoms with van der Waals surface area (Å²) in [5, 5.41) is 133. The van der Waals surface area contributed by atoms with Gasteiger partial charge in [0.05, 0.1) is 47.9 Å². The van der Waals surface area contributed by atoms with Crippen molar-refractivity contribution in [1.29, 1.82) is 0 Å². The van der Waals surface area contributed by atoms with Gasteiger partial charge in [-0.05, 0) is 191 Å². The lowest BCUT2D eigenvalue weighted by Gasteiger charge is -2.54. The van der Waals surface area contributed by atoms with E-state index >= 15 is 28.8 Å². The zero-order valence-electron chi connectivity index (χ0n) is 67.9. The highest BCUT2D eigenvalue weighted by Crippen LogP contribution is 2.55. The highest BCUT2D eigenvalue weighted by molar-refractivity contribution is 6.32. The zero-order valence-corrected chi connectivity index (χ0v) is 69.5. The second-order valence-corrected chi connectivity index (χ2v) is 34.4. The maximum atomic E-state index is 16.6. The molecule has 0 aromatic heterocycles. The van der Waals surface area contributed by atoms with Gasteiger partial charge >= 0.3 is 0 Å². The number of nitrogens with two attached hydrogens (primary N) is 1. The van der Waals surface area contributed by atoms with E-state index in [1.165, 1.54) is 52.1 Å². The number of phenolic OH excluding ortho intramolecular Hbond substituents is 3. The Kier molecular flexibility index (Phi) is 28.0. The number of phenols is 3. The third-order valence-corrected chi connectivity index (χ3v) is 24.6. The second kappa shape index (κ2) is 37.8. The lowest BCUT2D eigenvalue weighted by molar-refractivity contribution is -0.333. The molecule has 15 bridgehead atoms. The van der Waals surface area contributed by atoms with Gasteiger partial charge in [-0.2, -0.15) is 0 Å². The Labute approximate surface area is 711 Å². The van der Waals surface area contributed by atoms with Crippen LogP contribution in [-0.2, 0) is 62.1 Å². The van der Waals surface area contributed by atoms with Crippen molar-refractivity contribution in [2.45, 2.75) is 221 Å². The standard InChI is InChI=1S/C84H105Cl2N11O25/c1-8-15-89-16-17-116-36(5)75(108)91-59(102)31-51-77(110)93-64-44-27-56(118-54-13-10-40(25-48(54)85)68(103)66(81(114)90-51)96-76(109)50(88-7)18-34(2)3)72(122-83-73(71(106)70(105)58(33-98)120-83)121-60-32-84(6,87)74(107)35(4)117-60)57(28-44)119-55-14-11-41(26-49(55)86)69(104)67-82(115)95-65(80(113)92-62-42-20-37-19-38(22-42)23-43(62)21-37)47-29-45(99)30-53(101)61(47)46-24-39(9-12-52(46)100)63(78(111)97-67)94-79(64)112/h9-14,24-30,34-38,42-43,50-51,58,60,62-71,73-74,83,88-89,98-101,103-107H,8,15-23,31-33,87H2,1-7H3,(H,90,114)(H,92,113)(H,93,110)(H,94,112)(H,95,115)(H,96,109)(H,97,111)(H,91,102,108)/t35-,36?,37?,38?,42?,43?,50+,51-,58+,60-,62?,63+,64+,65-,66+,67-,68+,69+,70+,71-,73+,74+,83-,84-/m0/s1. The Hall–Kier alpha value is -9.61. The molecular formula is C84H105Cl2N11O25. The summed E-state index contributed by atoms with van der Waals surface area (Å²) in [6.07, 6.45) is -15.0. The lowest BCUT2D eigenvalue weighted by atomic mass is 9.54. The quantitative estimate of drug-likeness (QED) is 0.0469. The molecule has 1 unspecified atom stereocenters. The number of rotatable bonds is 21. The van der Waals surface area contributed by atoms with E-state index in [0.717, 1.165) is 93.1 Å². The predicted octanol–water partition coefficient (Wildman–Crippen LogP) is 2.52. The van der Waals surface area contributed by atoms with E-state index in [2.05, 4.69) is 53.2 Å². The van der Waals surface area contributed by atoms with Crippen LogP contribution in [0.2, 0.25) is 10.0 Å². The first-order valence-electron chi connectivity index (χ1n) is 40.9. The summed E-state index contributed by atoms with van der Waals surface area (Å²) in [6.45, 7) is 9.91. The number of nitrogens with one attached hydrogen (secondary N) is 10. The Balaban J connectivity index is 1.01. The number of aliphatic hydroxyl groups excluding tert-OH is 6. The summed E-state index contributed by atoms with van der Waals surface area (Å²) >= 11 is 14.5. The summed E-state index contributed by atoms with van der Waals surface area (Å²) in [5.41, 5.74) is 2.93. The van der Waals surface area contributed by atoms with Crippen molar-refractivity contribution in [1.82, 2.24) is 53.2 Å². The summed E-state index contributed by atoms with van der Waals surface area (Å²) in [5.74, 6) is -14.7. The molecule has 122 heavy (non-hydrogen) atoms. The number of fused-ring (bicyclic) bond motifs is 15. The number of halogens is 2. The average Bonchev–Trinajstić information content (AvgIpc) is 0.741. The molecule has 5 aromatic rings. The van der Waals surface area contributed by atoms with Crippen LogP contribution < -0.4 is 73.1 Å². The van der Waals surface area contributed by atoms with Crippen molar-refractivity contribution >= 4 is 76.4 Å². The van der Waals surface area contributed by atoms with Gasteiger partial charge in [0.25, 0.3) is 5.91 Å². The minimum absolute atomic E-state index is 0.00451. The van der Waals surface area contributed by atoms with E-state index in [-0.39, 0.29) is 93.1 Å². The van der Waals surface area contributed by atoms with Gasteiger partial charge in [0.1, 0.15) is 102 Å². The number of likely N-dealkylation sites (N-methyl/N-ethyl adjacent to an activating group) is 1. The van der Waals surface area contributed by atoms with Crippen molar-refractivity contribution in [3.63, 3.8) is 0 Å². The highest BCUT2D eigenvalue weighted by atomic mass is 35.5. The molecule has 5 aromatic carbocycles. The summed E-state index contributed by atoms with van der Waals surface area (Å²) < 4.78 is 44.7. The fourth-order valence-electron chi connectivity index (χ4n) is 17.9. The van der Waals surface area contributed by atoms with E-state index in [9.17, 15) is 60.3 Å². The minimum atomic E-state index is -2.41. The number of carbonyl (C=O) groups excluding carboxylic acids is 9. The van der Waals surface area contributed by atoms with Crippen LogP contribution in [0.1, 0.15) is 157 Å². The molecule has 0 spiro atoms. The number of ether oxygens (including phenoxy) is 7. The van der Waals surface area contributed by atoms with Crippen LogP contribution >= 0.6 is 23.2 Å². The fraction of sp³-hybridized carbons (Fsp3) is 0.536. The van der Waals surface area contributed by atoms with Gasteiger partial charge in [-0.1, -0.05) is 62.2 Å². The number of amides is 9. The van der Waals surface area contributed by atoms with Gasteiger partial charge in [-0.15, -0.1) is 0 Å². The van der Waals surface area contributed by atoms with Gasteiger partial charge in [-0.25, -0.2) is 0 Å². The topological polar surface area (TPSA) is 547 Å². The minimum Gasteiger partial charge on any atom is -0.508 e. The van der Waals surface area contributed by atoms with Crippen LogP contribution in [-0.4, -0.2) is 224 Å². The van der Waals surface area contributed by atoms with Gasteiger partial charge in [0.2, 0.25) is 59.3 Å². The SMILES string of the molecule is CCCNCCOC(C)C(=O)NC(=O)C[C@@H]1NC(=O)[C@H](NC(=O)[C@@H](CC(C)C)NC)[C@H](O)c2ccc(c(Cl)c2)Oc2cc3cc(c2O[C@@H]2O[C@H](CO)[C@@H](O)[C@H](O)[C@H]2O[C@H]2C[C@](C)(N)[C@H](O)[C@H](C)O2)Oc2ccc(cc2Cl)[C@@H](O)[C@@H]2NC(=O)[C@H](NC(=O)[C@@H]3NC1=O)c1ccc(O)c(c1)-c1c(O)cc(O)cc1[C@@H](C(=O)NC1C3CC4CC(C3)CC1C4)NC2=O. The molecule has 16 rings (SSSR count). The van der Waals surface area contributed by atoms with Crippen molar-refractivity contribution < 1.29 is 122 Å². The molecule has 2 saturated heterocycles. The van der Waals surface area contributed by atoms with E-state index < -0.39 is 227 Å². The summed E-state index contributed by atoms with van der Waals surface area (Å²) in [6, 6.07) is -0.0983. The molecule has 38 heteroatoms. The smallest absolute Gasteiger partial charge is 0.255 e. The largest absolute Gasteiger partial charge is 0.508 e. The monoisotopic (exact) mass is 1740 g/mol. The van der Waals surface area contributed by atoms with Crippen molar-refractivity contribution in [2.75, 3.05) is 33.4 Å². The van der Waals surface area contributed by atoms with Gasteiger partial charge in [-0.3, -0.25) is 48.5 Å². The van der Waals surface area contributed by atoms with Gasteiger partial charge < -0.3 is 133 Å². The first-order chi connectivity index (χ1) is 58.0. The van der Waals surface area contributed by atoms with Crippen molar-refractivity contribution in [3.05, 3.63) is 117 Å². The average molecular weight is 1740 g/mol. The van der Waals surface area contributed by atoms with Crippen LogP contribution in [0.15, 0.2) is 78.9 Å². The van der Waals surface area contributed by atoms with E-state index in [4.69, 9.17) is 62.1 Å². The molecule has 6 fully saturated rings. The number of hydrogen-bond acceptors (Lipinski definition) is 28. The molecule has 660 valence electrons. The number of aliphatic hydroxyl groups is 6. The predicted molar refractivity (Wildman–Crippen MR) is 433 cm³/mol. The Morgan fingerprint density at radius 2 is 1.30 bits per heavy atom.